The second-order valence-corrected chi connectivity index (χ2v) is 7.56. The number of sulfonamides is 1. The van der Waals surface area contributed by atoms with Crippen molar-refractivity contribution < 1.29 is 13.2 Å². The molecule has 1 aliphatic rings. The topological polar surface area (TPSA) is 55.4 Å². The van der Waals surface area contributed by atoms with E-state index in [0.29, 0.717) is 11.5 Å². The molecule has 1 N–H and O–H groups in total. The van der Waals surface area contributed by atoms with Crippen LogP contribution in [0.3, 0.4) is 0 Å². The van der Waals surface area contributed by atoms with Gasteiger partial charge >= 0.3 is 0 Å². The fourth-order valence-electron chi connectivity index (χ4n) is 2.15. The number of benzene rings is 1. The molecule has 19 heavy (non-hydrogen) atoms. The standard InChI is InChI=1S/C13H18INO3S/c1-9-3-5-11(6-4-9)19(16,17)15-13-10(2)8-18-12(13)7-14/h3-6,10,12-13,15H,7-8H2,1-2H3/t10-,12+,13-/m1/s1. The smallest absolute Gasteiger partial charge is 0.240 e. The Morgan fingerprint density at radius 3 is 2.58 bits per heavy atom. The second kappa shape index (κ2) is 6.07. The van der Waals surface area contributed by atoms with Crippen LogP contribution in [0.2, 0.25) is 0 Å². The number of hydrogen-bond acceptors (Lipinski definition) is 3. The molecule has 6 heteroatoms. The molecule has 1 aliphatic heterocycles. The zero-order chi connectivity index (χ0) is 14.0. The molecule has 0 aromatic heterocycles. The van der Waals surface area contributed by atoms with E-state index in [9.17, 15) is 8.42 Å². The number of aryl methyl sites for hydroxylation is 1. The summed E-state index contributed by atoms with van der Waals surface area (Å²) in [5.74, 6) is 0.194. The van der Waals surface area contributed by atoms with Crippen molar-refractivity contribution in [2.45, 2.75) is 30.9 Å². The van der Waals surface area contributed by atoms with Gasteiger partial charge in [0.1, 0.15) is 0 Å². The molecule has 0 spiro atoms. The lowest BCUT2D eigenvalue weighted by molar-refractivity contribution is 0.120. The van der Waals surface area contributed by atoms with Gasteiger partial charge < -0.3 is 4.74 Å². The van der Waals surface area contributed by atoms with Crippen molar-refractivity contribution in [1.82, 2.24) is 4.72 Å². The lowest BCUT2D eigenvalue weighted by atomic mass is 10.0. The Labute approximate surface area is 128 Å². The summed E-state index contributed by atoms with van der Waals surface area (Å²) < 4.78 is 33.8. The SMILES string of the molecule is Cc1ccc(S(=O)(=O)N[C@@H]2[C@H](C)CO[C@H]2CI)cc1. The Bertz CT molecular complexity index is 529. The maximum atomic E-state index is 12.3. The van der Waals surface area contributed by atoms with E-state index >= 15 is 0 Å². The van der Waals surface area contributed by atoms with Crippen LogP contribution in [-0.4, -0.2) is 31.6 Å². The molecule has 1 aromatic carbocycles. The number of ether oxygens (including phenoxy) is 1. The number of hydrogen-bond donors (Lipinski definition) is 1. The molecule has 1 heterocycles. The van der Waals surface area contributed by atoms with Crippen LogP contribution in [0.15, 0.2) is 29.2 Å². The van der Waals surface area contributed by atoms with Gasteiger partial charge in [-0.2, -0.15) is 0 Å². The molecule has 1 fully saturated rings. The Hall–Kier alpha value is -0.180. The number of alkyl halides is 1. The van der Waals surface area contributed by atoms with Gasteiger partial charge in [0.25, 0.3) is 0 Å². The van der Waals surface area contributed by atoms with E-state index in [1.807, 2.05) is 13.8 Å². The summed E-state index contributed by atoms with van der Waals surface area (Å²) in [4.78, 5) is 0.310. The first-order chi connectivity index (χ1) is 8.94. The highest BCUT2D eigenvalue weighted by Crippen LogP contribution is 2.23. The molecule has 3 atom stereocenters. The third-order valence-corrected chi connectivity index (χ3v) is 5.70. The fourth-order valence-corrected chi connectivity index (χ4v) is 4.32. The summed E-state index contributed by atoms with van der Waals surface area (Å²) >= 11 is 2.23. The summed E-state index contributed by atoms with van der Waals surface area (Å²) in [7, 11) is -3.47. The number of rotatable bonds is 4. The van der Waals surface area contributed by atoms with Gasteiger partial charge in [-0.25, -0.2) is 13.1 Å². The molecular formula is C13H18INO3S. The minimum absolute atomic E-state index is 0.0455. The number of halogens is 1. The Morgan fingerprint density at radius 2 is 2.00 bits per heavy atom. The van der Waals surface area contributed by atoms with E-state index in [2.05, 4.69) is 27.3 Å². The van der Waals surface area contributed by atoms with Crippen LogP contribution >= 0.6 is 22.6 Å². The van der Waals surface area contributed by atoms with Gasteiger partial charge in [0, 0.05) is 4.43 Å². The average molecular weight is 395 g/mol. The van der Waals surface area contributed by atoms with E-state index in [1.54, 1.807) is 24.3 Å². The molecule has 0 saturated carbocycles. The highest BCUT2D eigenvalue weighted by Gasteiger charge is 2.36. The quantitative estimate of drug-likeness (QED) is 0.628. The van der Waals surface area contributed by atoms with Gasteiger partial charge in [-0.1, -0.05) is 47.2 Å². The molecule has 0 unspecified atom stereocenters. The minimum atomic E-state index is -3.47. The summed E-state index contributed by atoms with van der Waals surface area (Å²) in [6.45, 7) is 4.55. The molecule has 0 bridgehead atoms. The van der Waals surface area contributed by atoms with Gasteiger partial charge in [0.2, 0.25) is 10.0 Å². The van der Waals surface area contributed by atoms with E-state index in [0.717, 1.165) is 9.99 Å². The molecule has 1 saturated heterocycles. The van der Waals surface area contributed by atoms with Gasteiger partial charge in [-0.3, -0.25) is 0 Å². The van der Waals surface area contributed by atoms with Gasteiger partial charge in [0.05, 0.1) is 23.6 Å². The Kier molecular flexibility index (Phi) is 4.86. The fraction of sp³-hybridized carbons (Fsp3) is 0.538. The highest BCUT2D eigenvalue weighted by molar-refractivity contribution is 14.1. The van der Waals surface area contributed by atoms with Crippen molar-refractivity contribution in [3.05, 3.63) is 29.8 Å². The van der Waals surface area contributed by atoms with E-state index in [4.69, 9.17) is 4.74 Å². The Morgan fingerprint density at radius 1 is 1.37 bits per heavy atom. The molecule has 1 aromatic rings. The lowest BCUT2D eigenvalue weighted by Crippen LogP contribution is -2.44. The largest absolute Gasteiger partial charge is 0.375 e. The average Bonchev–Trinajstić information content (AvgIpc) is 2.70. The minimum Gasteiger partial charge on any atom is -0.375 e. The van der Waals surface area contributed by atoms with Crippen LogP contribution in [0.25, 0.3) is 0 Å². The summed E-state index contributed by atoms with van der Waals surface area (Å²) in [6.07, 6.45) is -0.0455. The van der Waals surface area contributed by atoms with Gasteiger partial charge in [-0.15, -0.1) is 0 Å². The van der Waals surface area contributed by atoms with E-state index < -0.39 is 10.0 Å². The first-order valence-electron chi connectivity index (χ1n) is 6.20. The predicted molar refractivity (Wildman–Crippen MR) is 83.1 cm³/mol. The third kappa shape index (κ3) is 3.48. The van der Waals surface area contributed by atoms with Crippen LogP contribution in [0.4, 0.5) is 0 Å². The summed E-state index contributed by atoms with van der Waals surface area (Å²) in [6, 6.07) is 6.73. The molecule has 0 radical (unpaired) electrons. The van der Waals surface area contributed by atoms with Crippen LogP contribution in [0.1, 0.15) is 12.5 Å². The van der Waals surface area contributed by atoms with Crippen molar-refractivity contribution in [3.63, 3.8) is 0 Å². The summed E-state index contributed by atoms with van der Waals surface area (Å²) in [5.41, 5.74) is 1.04. The van der Waals surface area contributed by atoms with Crippen molar-refractivity contribution in [2.75, 3.05) is 11.0 Å². The lowest BCUT2D eigenvalue weighted by Gasteiger charge is -2.21. The van der Waals surface area contributed by atoms with Crippen molar-refractivity contribution in [2.24, 2.45) is 5.92 Å². The molecule has 0 amide bonds. The molecule has 106 valence electrons. The van der Waals surface area contributed by atoms with Crippen LogP contribution in [-0.2, 0) is 14.8 Å². The zero-order valence-corrected chi connectivity index (χ0v) is 13.9. The Balaban J connectivity index is 2.19. The zero-order valence-electron chi connectivity index (χ0n) is 11.0. The van der Waals surface area contributed by atoms with Crippen molar-refractivity contribution in [1.29, 1.82) is 0 Å². The van der Waals surface area contributed by atoms with Crippen LogP contribution < -0.4 is 4.72 Å². The second-order valence-electron chi connectivity index (χ2n) is 4.96. The third-order valence-electron chi connectivity index (χ3n) is 3.36. The monoisotopic (exact) mass is 395 g/mol. The van der Waals surface area contributed by atoms with Crippen LogP contribution in [0.5, 0.6) is 0 Å². The molecule has 0 aliphatic carbocycles. The first-order valence-corrected chi connectivity index (χ1v) is 9.21. The highest BCUT2D eigenvalue weighted by atomic mass is 127. The first kappa shape index (κ1) is 15.2. The van der Waals surface area contributed by atoms with Gasteiger partial charge in [-0.05, 0) is 25.0 Å². The van der Waals surface area contributed by atoms with E-state index in [-0.39, 0.29) is 18.1 Å². The predicted octanol–water partition coefficient (Wildman–Crippen LogP) is 2.11. The van der Waals surface area contributed by atoms with Crippen molar-refractivity contribution in [3.8, 4) is 0 Å². The maximum absolute atomic E-state index is 12.3. The number of nitrogens with one attached hydrogen (secondary N) is 1. The molecular weight excluding hydrogens is 377 g/mol. The normalized spacial score (nSPS) is 27.6. The summed E-state index contributed by atoms with van der Waals surface area (Å²) in [5, 5.41) is 0. The van der Waals surface area contributed by atoms with Crippen LogP contribution in [0, 0.1) is 12.8 Å². The molecule has 2 rings (SSSR count). The van der Waals surface area contributed by atoms with Gasteiger partial charge in [0.15, 0.2) is 0 Å². The van der Waals surface area contributed by atoms with E-state index in [1.165, 1.54) is 0 Å². The maximum Gasteiger partial charge on any atom is 0.240 e. The van der Waals surface area contributed by atoms with Crippen molar-refractivity contribution >= 4 is 32.6 Å². The molecule has 4 nitrogen and oxygen atoms in total.